The molecular weight excluding hydrogens is 226 g/mol. The molecule has 0 aromatic heterocycles. The smallest absolute Gasteiger partial charge is 0.337 e. The van der Waals surface area contributed by atoms with Crippen molar-refractivity contribution in [2.45, 2.75) is 26.7 Å². The summed E-state index contributed by atoms with van der Waals surface area (Å²) in [5, 5.41) is 12.7. The topological polar surface area (TPSA) is 49.3 Å². The standard InChI is InChI=1S/C12H16ClNO2/c1-3-4-5-14-11-7-10(13)8(2)6-9(11)12(15)16/h6-7,14H,3-5H2,1-2H3,(H,15,16). The second kappa shape index (κ2) is 5.75. The van der Waals surface area contributed by atoms with E-state index in [9.17, 15) is 4.79 Å². The van der Waals surface area contributed by atoms with Crippen molar-refractivity contribution in [1.82, 2.24) is 0 Å². The molecule has 0 atom stereocenters. The summed E-state index contributed by atoms with van der Waals surface area (Å²) < 4.78 is 0. The van der Waals surface area contributed by atoms with E-state index in [2.05, 4.69) is 12.2 Å². The second-order valence-corrected chi connectivity index (χ2v) is 4.14. The summed E-state index contributed by atoms with van der Waals surface area (Å²) in [7, 11) is 0. The van der Waals surface area contributed by atoms with E-state index in [1.165, 1.54) is 0 Å². The van der Waals surface area contributed by atoms with Crippen LogP contribution in [0.4, 0.5) is 5.69 Å². The predicted octanol–water partition coefficient (Wildman–Crippen LogP) is 3.56. The van der Waals surface area contributed by atoms with Gasteiger partial charge in [-0.25, -0.2) is 4.79 Å². The molecule has 0 bridgehead atoms. The van der Waals surface area contributed by atoms with Gasteiger partial charge in [0.1, 0.15) is 0 Å². The Morgan fingerprint density at radius 3 is 2.75 bits per heavy atom. The summed E-state index contributed by atoms with van der Waals surface area (Å²) in [5.74, 6) is -0.932. The van der Waals surface area contributed by atoms with E-state index in [0.717, 1.165) is 24.9 Å². The Morgan fingerprint density at radius 1 is 1.50 bits per heavy atom. The van der Waals surface area contributed by atoms with Crippen molar-refractivity contribution in [3.63, 3.8) is 0 Å². The molecule has 0 unspecified atom stereocenters. The number of anilines is 1. The second-order valence-electron chi connectivity index (χ2n) is 3.73. The van der Waals surface area contributed by atoms with Crippen LogP contribution in [0.1, 0.15) is 35.7 Å². The zero-order valence-electron chi connectivity index (χ0n) is 9.51. The van der Waals surface area contributed by atoms with Crippen molar-refractivity contribution in [2.24, 2.45) is 0 Å². The summed E-state index contributed by atoms with van der Waals surface area (Å²) in [6, 6.07) is 3.27. The third-order valence-corrected chi connectivity index (χ3v) is 2.78. The van der Waals surface area contributed by atoms with Gasteiger partial charge in [-0.05, 0) is 31.0 Å². The molecule has 1 aromatic carbocycles. The number of carboxylic acids is 1. The zero-order valence-corrected chi connectivity index (χ0v) is 10.3. The van der Waals surface area contributed by atoms with E-state index in [-0.39, 0.29) is 5.56 Å². The van der Waals surface area contributed by atoms with E-state index in [1.807, 2.05) is 0 Å². The number of halogens is 1. The highest BCUT2D eigenvalue weighted by atomic mass is 35.5. The van der Waals surface area contributed by atoms with Gasteiger partial charge in [0.05, 0.1) is 11.3 Å². The van der Waals surface area contributed by atoms with Gasteiger partial charge in [-0.3, -0.25) is 0 Å². The van der Waals surface area contributed by atoms with Crippen LogP contribution in [0.2, 0.25) is 5.02 Å². The first-order chi connectivity index (χ1) is 7.56. The van der Waals surface area contributed by atoms with Crippen LogP contribution in [0.15, 0.2) is 12.1 Å². The fourth-order valence-electron chi connectivity index (χ4n) is 1.40. The van der Waals surface area contributed by atoms with Crippen LogP contribution < -0.4 is 5.32 Å². The summed E-state index contributed by atoms with van der Waals surface area (Å²) in [4.78, 5) is 11.0. The number of rotatable bonds is 5. The largest absolute Gasteiger partial charge is 0.478 e. The number of aromatic carboxylic acids is 1. The maximum atomic E-state index is 11.0. The van der Waals surface area contributed by atoms with E-state index in [4.69, 9.17) is 16.7 Å². The Bertz CT molecular complexity index is 391. The van der Waals surface area contributed by atoms with E-state index in [1.54, 1.807) is 19.1 Å². The van der Waals surface area contributed by atoms with Gasteiger partial charge < -0.3 is 10.4 Å². The molecule has 2 N–H and O–H groups in total. The van der Waals surface area contributed by atoms with E-state index >= 15 is 0 Å². The highest BCUT2D eigenvalue weighted by molar-refractivity contribution is 6.31. The van der Waals surface area contributed by atoms with Crippen LogP contribution in [-0.4, -0.2) is 17.6 Å². The lowest BCUT2D eigenvalue weighted by molar-refractivity contribution is 0.0698. The summed E-state index contributed by atoms with van der Waals surface area (Å²) >= 11 is 5.97. The monoisotopic (exact) mass is 241 g/mol. The lowest BCUT2D eigenvalue weighted by Crippen LogP contribution is -2.08. The van der Waals surface area contributed by atoms with Gasteiger partial charge >= 0.3 is 5.97 Å². The molecular formula is C12H16ClNO2. The first kappa shape index (κ1) is 12.8. The van der Waals surface area contributed by atoms with Crippen molar-refractivity contribution >= 4 is 23.3 Å². The first-order valence-electron chi connectivity index (χ1n) is 5.33. The third kappa shape index (κ3) is 3.14. The quantitative estimate of drug-likeness (QED) is 0.775. The minimum Gasteiger partial charge on any atom is -0.478 e. The Hall–Kier alpha value is -1.22. The highest BCUT2D eigenvalue weighted by Crippen LogP contribution is 2.25. The highest BCUT2D eigenvalue weighted by Gasteiger charge is 2.11. The van der Waals surface area contributed by atoms with Gasteiger partial charge in [0, 0.05) is 11.6 Å². The van der Waals surface area contributed by atoms with Gasteiger partial charge in [-0.15, -0.1) is 0 Å². The molecule has 0 radical (unpaired) electrons. The Morgan fingerprint density at radius 2 is 2.19 bits per heavy atom. The lowest BCUT2D eigenvalue weighted by Gasteiger charge is -2.11. The molecule has 0 saturated heterocycles. The Balaban J connectivity index is 2.95. The average Bonchev–Trinajstić information content (AvgIpc) is 2.23. The SMILES string of the molecule is CCCCNc1cc(Cl)c(C)cc1C(=O)O. The van der Waals surface area contributed by atoms with Crippen LogP contribution in [0.5, 0.6) is 0 Å². The Kier molecular flexibility index (Phi) is 4.62. The van der Waals surface area contributed by atoms with Crippen molar-refractivity contribution in [2.75, 3.05) is 11.9 Å². The molecule has 0 aliphatic rings. The van der Waals surface area contributed by atoms with Crippen LogP contribution in [0.3, 0.4) is 0 Å². The Labute approximate surface area is 100 Å². The van der Waals surface area contributed by atoms with Gasteiger partial charge in [-0.1, -0.05) is 24.9 Å². The number of unbranched alkanes of at least 4 members (excludes halogenated alkanes) is 1. The van der Waals surface area contributed by atoms with Gasteiger partial charge in [0.2, 0.25) is 0 Å². The molecule has 3 nitrogen and oxygen atoms in total. The predicted molar refractivity (Wildman–Crippen MR) is 66.5 cm³/mol. The number of carbonyl (C=O) groups is 1. The van der Waals surface area contributed by atoms with Gasteiger partial charge in [0.15, 0.2) is 0 Å². The van der Waals surface area contributed by atoms with E-state index in [0.29, 0.717) is 10.7 Å². The third-order valence-electron chi connectivity index (χ3n) is 2.37. The number of hydrogen-bond donors (Lipinski definition) is 2. The summed E-state index contributed by atoms with van der Waals surface area (Å²) in [5.41, 5.74) is 1.65. The number of benzene rings is 1. The molecule has 4 heteroatoms. The molecule has 16 heavy (non-hydrogen) atoms. The van der Waals surface area contributed by atoms with E-state index < -0.39 is 5.97 Å². The van der Waals surface area contributed by atoms with Crippen molar-refractivity contribution in [3.05, 3.63) is 28.3 Å². The number of nitrogens with one attached hydrogen (secondary N) is 1. The average molecular weight is 242 g/mol. The van der Waals surface area contributed by atoms with Crippen LogP contribution in [0, 0.1) is 6.92 Å². The normalized spacial score (nSPS) is 10.2. The maximum absolute atomic E-state index is 11.0. The lowest BCUT2D eigenvalue weighted by atomic mass is 10.1. The van der Waals surface area contributed by atoms with Crippen LogP contribution in [0.25, 0.3) is 0 Å². The number of hydrogen-bond acceptors (Lipinski definition) is 2. The molecule has 0 aliphatic carbocycles. The summed E-state index contributed by atoms with van der Waals surface area (Å²) in [6.45, 7) is 4.64. The maximum Gasteiger partial charge on any atom is 0.337 e. The van der Waals surface area contributed by atoms with Crippen LogP contribution in [-0.2, 0) is 0 Å². The number of carboxylic acid groups (broad SMARTS) is 1. The van der Waals surface area contributed by atoms with Crippen LogP contribution >= 0.6 is 11.6 Å². The molecule has 88 valence electrons. The summed E-state index contributed by atoms with van der Waals surface area (Å²) in [6.07, 6.45) is 2.07. The van der Waals surface area contributed by atoms with Crippen molar-refractivity contribution < 1.29 is 9.90 Å². The molecule has 0 aliphatic heterocycles. The fraction of sp³-hybridized carbons (Fsp3) is 0.417. The molecule has 0 heterocycles. The molecule has 0 amide bonds. The zero-order chi connectivity index (χ0) is 12.1. The first-order valence-corrected chi connectivity index (χ1v) is 5.71. The van der Waals surface area contributed by atoms with Crippen molar-refractivity contribution in [3.8, 4) is 0 Å². The number of aryl methyl sites for hydroxylation is 1. The molecule has 1 aromatic rings. The molecule has 0 spiro atoms. The molecule has 0 fully saturated rings. The molecule has 1 rings (SSSR count). The van der Waals surface area contributed by atoms with Crippen molar-refractivity contribution in [1.29, 1.82) is 0 Å². The minimum atomic E-state index is -0.932. The van der Waals surface area contributed by atoms with Gasteiger partial charge in [0.25, 0.3) is 0 Å². The van der Waals surface area contributed by atoms with Gasteiger partial charge in [-0.2, -0.15) is 0 Å². The fourth-order valence-corrected chi connectivity index (χ4v) is 1.57. The minimum absolute atomic E-state index is 0.276. The molecule has 0 saturated carbocycles.